The normalized spacial score (nSPS) is 17.6. The van der Waals surface area contributed by atoms with Crippen LogP contribution in [0.5, 0.6) is 0 Å². The third-order valence-electron chi connectivity index (χ3n) is 3.09. The van der Waals surface area contributed by atoms with Gasteiger partial charge >= 0.3 is 0 Å². The molecule has 1 fully saturated rings. The fourth-order valence-corrected chi connectivity index (χ4v) is 2.19. The number of nitrogens with zero attached hydrogens (tertiary/aromatic N) is 1. The van der Waals surface area contributed by atoms with Crippen LogP contribution in [0.25, 0.3) is 0 Å². The Labute approximate surface area is 127 Å². The second kappa shape index (κ2) is 7.33. The Kier molecular flexibility index (Phi) is 6.04. The monoisotopic (exact) mass is 319 g/mol. The van der Waals surface area contributed by atoms with Gasteiger partial charge in [-0.15, -0.1) is 12.4 Å². The van der Waals surface area contributed by atoms with Crippen molar-refractivity contribution in [3.63, 3.8) is 0 Å². The molecule has 21 heavy (non-hydrogen) atoms. The molecule has 0 saturated carbocycles. The molecule has 1 atom stereocenters. The first-order valence-electron chi connectivity index (χ1n) is 6.24. The molecule has 2 N–H and O–H groups in total. The van der Waals surface area contributed by atoms with Gasteiger partial charge in [-0.25, -0.2) is 8.78 Å². The molecular formula is C13H16ClF2N3O2. The summed E-state index contributed by atoms with van der Waals surface area (Å²) in [7, 11) is 1.61. The molecule has 1 aromatic rings. The number of hydrogen-bond donors (Lipinski definition) is 2. The second-order valence-electron chi connectivity index (χ2n) is 4.50. The van der Waals surface area contributed by atoms with Gasteiger partial charge in [0.25, 0.3) is 0 Å². The number of para-hydroxylation sites is 1. The predicted molar refractivity (Wildman–Crippen MR) is 76.4 cm³/mol. The lowest BCUT2D eigenvalue weighted by atomic mass is 10.2. The summed E-state index contributed by atoms with van der Waals surface area (Å²) in [6.07, 6.45) is 0.321. The molecule has 2 amide bonds. The lowest BCUT2D eigenvalue weighted by molar-refractivity contribution is -0.125. The number of amides is 2. The molecule has 1 aromatic carbocycles. The lowest BCUT2D eigenvalue weighted by Crippen LogP contribution is -2.44. The number of halogens is 3. The molecule has 0 radical (unpaired) electrons. The van der Waals surface area contributed by atoms with Gasteiger partial charge in [-0.3, -0.25) is 9.59 Å². The average Bonchev–Trinajstić information content (AvgIpc) is 2.72. The van der Waals surface area contributed by atoms with E-state index in [9.17, 15) is 18.4 Å². The van der Waals surface area contributed by atoms with Gasteiger partial charge in [0.2, 0.25) is 11.8 Å². The zero-order chi connectivity index (χ0) is 14.7. The fourth-order valence-electron chi connectivity index (χ4n) is 2.19. The van der Waals surface area contributed by atoms with Crippen LogP contribution in [-0.4, -0.2) is 38.0 Å². The second-order valence-corrected chi connectivity index (χ2v) is 4.50. The summed E-state index contributed by atoms with van der Waals surface area (Å²) >= 11 is 0. The van der Waals surface area contributed by atoms with Crippen molar-refractivity contribution in [1.29, 1.82) is 0 Å². The van der Waals surface area contributed by atoms with Crippen molar-refractivity contribution in [2.45, 2.75) is 12.5 Å². The molecular weight excluding hydrogens is 304 g/mol. The van der Waals surface area contributed by atoms with Gasteiger partial charge in [-0.05, 0) is 25.6 Å². The Morgan fingerprint density at radius 3 is 2.57 bits per heavy atom. The Morgan fingerprint density at radius 1 is 1.38 bits per heavy atom. The highest BCUT2D eigenvalue weighted by atomic mass is 35.5. The number of anilines is 1. The summed E-state index contributed by atoms with van der Waals surface area (Å²) in [6, 6.07) is 2.69. The summed E-state index contributed by atoms with van der Waals surface area (Å²) in [4.78, 5) is 24.6. The first kappa shape index (κ1) is 17.3. The van der Waals surface area contributed by atoms with E-state index in [-0.39, 0.29) is 37.1 Å². The number of rotatable bonds is 4. The van der Waals surface area contributed by atoms with E-state index in [2.05, 4.69) is 10.6 Å². The summed E-state index contributed by atoms with van der Waals surface area (Å²) in [6.45, 7) is 0.249. The van der Waals surface area contributed by atoms with Crippen molar-refractivity contribution in [3.8, 4) is 0 Å². The van der Waals surface area contributed by atoms with Gasteiger partial charge < -0.3 is 15.5 Å². The third-order valence-corrected chi connectivity index (χ3v) is 3.09. The summed E-state index contributed by atoms with van der Waals surface area (Å²) in [5.41, 5.74) is -0.358. The maximum Gasteiger partial charge on any atom is 0.249 e. The molecule has 1 aliphatic rings. The Balaban J connectivity index is 0.00000220. The van der Waals surface area contributed by atoms with Crippen LogP contribution in [0.2, 0.25) is 0 Å². The molecule has 1 heterocycles. The van der Waals surface area contributed by atoms with Gasteiger partial charge in [0.05, 0.1) is 6.54 Å². The van der Waals surface area contributed by atoms with Crippen molar-refractivity contribution in [2.75, 3.05) is 25.0 Å². The van der Waals surface area contributed by atoms with E-state index in [0.29, 0.717) is 6.42 Å². The number of benzene rings is 1. The minimum atomic E-state index is -0.791. The van der Waals surface area contributed by atoms with E-state index in [1.165, 1.54) is 6.07 Å². The Morgan fingerprint density at radius 2 is 2.00 bits per heavy atom. The van der Waals surface area contributed by atoms with E-state index in [1.54, 1.807) is 7.05 Å². The topological polar surface area (TPSA) is 61.4 Å². The molecule has 0 aromatic heterocycles. The number of carbonyl (C=O) groups excluding carboxylic acids is 2. The smallest absolute Gasteiger partial charge is 0.249 e. The molecule has 0 aliphatic carbocycles. The van der Waals surface area contributed by atoms with Crippen LogP contribution in [-0.2, 0) is 9.59 Å². The average molecular weight is 320 g/mol. The molecule has 0 spiro atoms. The number of carbonyl (C=O) groups is 2. The Bertz CT molecular complexity index is 522. The highest BCUT2D eigenvalue weighted by Crippen LogP contribution is 2.27. The van der Waals surface area contributed by atoms with Crippen molar-refractivity contribution >= 4 is 29.9 Å². The van der Waals surface area contributed by atoms with Gasteiger partial charge in [0, 0.05) is 6.54 Å². The van der Waals surface area contributed by atoms with E-state index >= 15 is 0 Å². The summed E-state index contributed by atoms with van der Waals surface area (Å²) in [5.74, 6) is -2.42. The fraction of sp³-hybridized carbons (Fsp3) is 0.385. The predicted octanol–water partition coefficient (Wildman–Crippen LogP) is 0.827. The first-order valence-corrected chi connectivity index (χ1v) is 6.24. The van der Waals surface area contributed by atoms with Crippen LogP contribution in [0.15, 0.2) is 18.2 Å². The molecule has 0 bridgehead atoms. The molecule has 5 nitrogen and oxygen atoms in total. The quantitative estimate of drug-likeness (QED) is 0.864. The van der Waals surface area contributed by atoms with Crippen molar-refractivity contribution in [3.05, 3.63) is 29.8 Å². The highest BCUT2D eigenvalue weighted by molar-refractivity contribution is 6.01. The van der Waals surface area contributed by atoms with Crippen molar-refractivity contribution in [1.82, 2.24) is 10.6 Å². The van der Waals surface area contributed by atoms with Gasteiger partial charge in [-0.2, -0.15) is 0 Å². The first-order chi connectivity index (χ1) is 9.54. The SMILES string of the molecule is CNCC(=O)NC1CCN(c2c(F)cccc2F)C1=O.Cl. The molecule has 8 heteroatoms. The minimum Gasteiger partial charge on any atom is -0.343 e. The van der Waals surface area contributed by atoms with Crippen LogP contribution >= 0.6 is 12.4 Å². The van der Waals surface area contributed by atoms with Crippen LogP contribution in [0.3, 0.4) is 0 Å². The van der Waals surface area contributed by atoms with Gasteiger partial charge in [-0.1, -0.05) is 6.07 Å². The zero-order valence-electron chi connectivity index (χ0n) is 11.4. The van der Waals surface area contributed by atoms with E-state index < -0.39 is 23.6 Å². The maximum absolute atomic E-state index is 13.7. The third kappa shape index (κ3) is 3.68. The molecule has 1 saturated heterocycles. The number of hydrogen-bond acceptors (Lipinski definition) is 3. The van der Waals surface area contributed by atoms with Crippen molar-refractivity contribution in [2.24, 2.45) is 0 Å². The van der Waals surface area contributed by atoms with Crippen LogP contribution in [0.1, 0.15) is 6.42 Å². The number of likely N-dealkylation sites (N-methyl/N-ethyl adjacent to an activating group) is 1. The maximum atomic E-state index is 13.7. The van der Waals surface area contributed by atoms with Crippen molar-refractivity contribution < 1.29 is 18.4 Å². The molecule has 1 aliphatic heterocycles. The lowest BCUT2D eigenvalue weighted by Gasteiger charge is -2.18. The molecule has 116 valence electrons. The van der Waals surface area contributed by atoms with E-state index in [4.69, 9.17) is 0 Å². The van der Waals surface area contributed by atoms with Gasteiger partial charge in [0.1, 0.15) is 23.4 Å². The number of nitrogens with one attached hydrogen (secondary N) is 2. The van der Waals surface area contributed by atoms with Crippen LogP contribution in [0, 0.1) is 11.6 Å². The molecule has 1 unspecified atom stereocenters. The van der Waals surface area contributed by atoms with E-state index in [0.717, 1.165) is 17.0 Å². The zero-order valence-corrected chi connectivity index (χ0v) is 12.2. The van der Waals surface area contributed by atoms with Crippen LogP contribution < -0.4 is 15.5 Å². The summed E-state index contributed by atoms with van der Waals surface area (Å²) in [5, 5.41) is 5.19. The molecule has 2 rings (SSSR count). The summed E-state index contributed by atoms with van der Waals surface area (Å²) < 4.78 is 27.3. The highest BCUT2D eigenvalue weighted by Gasteiger charge is 2.35. The van der Waals surface area contributed by atoms with E-state index in [1.807, 2.05) is 0 Å². The van der Waals surface area contributed by atoms with Gasteiger partial charge in [0.15, 0.2) is 0 Å². The largest absolute Gasteiger partial charge is 0.343 e. The van der Waals surface area contributed by atoms with Crippen LogP contribution in [0.4, 0.5) is 14.5 Å². The standard InChI is InChI=1S/C13H15F2N3O2.ClH/c1-16-7-11(19)17-10-5-6-18(13(10)20)12-8(14)3-2-4-9(12)15;/h2-4,10,16H,5-7H2,1H3,(H,17,19);1H. The minimum absolute atomic E-state index is 0. The Hall–Kier alpha value is -1.73.